The lowest BCUT2D eigenvalue weighted by molar-refractivity contribution is 0.0720. The highest BCUT2D eigenvalue weighted by Gasteiger charge is 2.15. The molecule has 6 rings (SSSR count). The number of ketones is 1. The molecule has 0 radical (unpaired) electrons. The molecule has 0 fully saturated rings. The van der Waals surface area contributed by atoms with Crippen LogP contribution >= 0.6 is 0 Å². The third kappa shape index (κ3) is 9.26. The van der Waals surface area contributed by atoms with E-state index in [1.54, 1.807) is 92.0 Å². The molecule has 0 N–H and O–H groups in total. The second-order valence-electron chi connectivity index (χ2n) is 12.5. The molecule has 0 amide bonds. The first-order valence-corrected chi connectivity index (χ1v) is 17.0. The van der Waals surface area contributed by atoms with E-state index in [0.717, 1.165) is 28.0 Å². The van der Waals surface area contributed by atoms with Crippen LogP contribution in [0.15, 0.2) is 133 Å². The van der Waals surface area contributed by atoms with Crippen molar-refractivity contribution in [3.63, 3.8) is 0 Å². The van der Waals surface area contributed by atoms with Crippen LogP contribution in [0.4, 0.5) is 0 Å². The molecular weight excluding hydrogens is 684 g/mol. The molecule has 0 aliphatic heterocycles. The fraction of sp³-hybridized carbons (Fsp3) is 0.111. The number of aryl methyl sites for hydroxylation is 2. The monoisotopic (exact) mass is 720 g/mol. The van der Waals surface area contributed by atoms with Gasteiger partial charge in [-0.1, -0.05) is 36.4 Å². The van der Waals surface area contributed by atoms with Gasteiger partial charge in [0.2, 0.25) is 0 Å². The van der Waals surface area contributed by atoms with Gasteiger partial charge in [-0.3, -0.25) is 4.79 Å². The van der Waals surface area contributed by atoms with Gasteiger partial charge in [0.1, 0.15) is 34.5 Å². The average molecular weight is 721 g/mol. The van der Waals surface area contributed by atoms with Crippen LogP contribution in [0.3, 0.4) is 0 Å². The van der Waals surface area contributed by atoms with Crippen molar-refractivity contribution in [3.8, 4) is 34.5 Å². The molecule has 0 heterocycles. The summed E-state index contributed by atoms with van der Waals surface area (Å²) in [6.45, 7) is 5.20. The van der Waals surface area contributed by atoms with Crippen LogP contribution in [0.25, 0.3) is 0 Å². The normalized spacial score (nSPS) is 10.6. The van der Waals surface area contributed by atoms with Gasteiger partial charge in [-0.15, -0.1) is 0 Å². The Kier molecular flexibility index (Phi) is 11.3. The maximum Gasteiger partial charge on any atom is 0.343 e. The van der Waals surface area contributed by atoms with E-state index < -0.39 is 17.9 Å². The molecule has 270 valence electrons. The van der Waals surface area contributed by atoms with Gasteiger partial charge in [0.15, 0.2) is 5.78 Å². The number of carbonyl (C=O) groups excluding carboxylic acids is 4. The van der Waals surface area contributed by atoms with Crippen LogP contribution in [-0.4, -0.2) is 30.8 Å². The van der Waals surface area contributed by atoms with E-state index in [1.165, 1.54) is 31.2 Å². The molecule has 0 aromatic heterocycles. The van der Waals surface area contributed by atoms with E-state index in [2.05, 4.69) is 0 Å². The smallest absolute Gasteiger partial charge is 0.343 e. The first kappa shape index (κ1) is 36.8. The lowest BCUT2D eigenvalue weighted by Crippen LogP contribution is -2.11. The van der Waals surface area contributed by atoms with Gasteiger partial charge in [0.25, 0.3) is 0 Å². The van der Waals surface area contributed by atoms with Crippen molar-refractivity contribution in [1.29, 1.82) is 0 Å². The maximum atomic E-state index is 13.0. The minimum Gasteiger partial charge on any atom is -0.497 e. The zero-order chi connectivity index (χ0) is 38.2. The molecule has 0 spiro atoms. The second kappa shape index (κ2) is 16.6. The van der Waals surface area contributed by atoms with E-state index in [9.17, 15) is 19.2 Å². The number of rotatable bonds is 12. The van der Waals surface area contributed by atoms with Gasteiger partial charge in [-0.05, 0) is 147 Å². The summed E-state index contributed by atoms with van der Waals surface area (Å²) in [4.78, 5) is 49.9. The predicted molar refractivity (Wildman–Crippen MR) is 202 cm³/mol. The minimum atomic E-state index is -0.576. The highest BCUT2D eigenvalue weighted by atomic mass is 16.5. The summed E-state index contributed by atoms with van der Waals surface area (Å²) in [5.74, 6) is 1.43. The lowest BCUT2D eigenvalue weighted by atomic mass is 10.0. The van der Waals surface area contributed by atoms with Crippen LogP contribution in [0.2, 0.25) is 0 Å². The highest BCUT2D eigenvalue weighted by molar-refractivity contribution is 5.97. The van der Waals surface area contributed by atoms with Gasteiger partial charge in [-0.2, -0.15) is 0 Å². The van der Waals surface area contributed by atoms with Crippen LogP contribution in [0.1, 0.15) is 70.6 Å². The van der Waals surface area contributed by atoms with Gasteiger partial charge in [0, 0.05) is 5.56 Å². The Bertz CT molecular complexity index is 2310. The summed E-state index contributed by atoms with van der Waals surface area (Å²) in [6.07, 6.45) is 0.607. The van der Waals surface area contributed by atoms with Crippen LogP contribution in [-0.2, 0) is 6.42 Å². The van der Waals surface area contributed by atoms with Crippen molar-refractivity contribution in [2.45, 2.75) is 27.2 Å². The SMILES string of the molecule is COc1ccc(Oc2ccc(OC(=O)c3ccc(C(=O)Oc4ccc(Cc5ccc(OC(=O)c6ccc(C(C)=O)cc6)c(C)c5)cc4C)cc3)cc2)cc1. The molecular formula is C45H36O9. The predicted octanol–water partition coefficient (Wildman–Crippen LogP) is 9.56. The Morgan fingerprint density at radius 2 is 0.815 bits per heavy atom. The Morgan fingerprint density at radius 3 is 1.20 bits per heavy atom. The number of hydrogen-bond acceptors (Lipinski definition) is 9. The third-order valence-electron chi connectivity index (χ3n) is 8.51. The second-order valence-corrected chi connectivity index (χ2v) is 12.5. The molecule has 0 aliphatic carbocycles. The van der Waals surface area contributed by atoms with Crippen molar-refractivity contribution in [2.75, 3.05) is 7.11 Å². The number of ether oxygens (including phenoxy) is 5. The van der Waals surface area contributed by atoms with Gasteiger partial charge in [0.05, 0.1) is 23.8 Å². The van der Waals surface area contributed by atoms with Crippen molar-refractivity contribution < 1.29 is 42.9 Å². The van der Waals surface area contributed by atoms with Gasteiger partial charge >= 0.3 is 17.9 Å². The Morgan fingerprint density at radius 1 is 0.444 bits per heavy atom. The molecule has 0 atom stereocenters. The summed E-state index contributed by atoms with van der Waals surface area (Å²) >= 11 is 0. The molecule has 0 saturated carbocycles. The number of carbonyl (C=O) groups is 4. The van der Waals surface area contributed by atoms with Crippen molar-refractivity contribution in [2.24, 2.45) is 0 Å². The minimum absolute atomic E-state index is 0.0752. The first-order valence-electron chi connectivity index (χ1n) is 17.0. The third-order valence-corrected chi connectivity index (χ3v) is 8.51. The zero-order valence-corrected chi connectivity index (χ0v) is 30.1. The Labute approximate surface area is 312 Å². The summed E-state index contributed by atoms with van der Waals surface area (Å²) in [6, 6.07) is 37.4. The maximum absolute atomic E-state index is 13.0. The fourth-order valence-corrected chi connectivity index (χ4v) is 5.53. The van der Waals surface area contributed by atoms with E-state index in [-0.39, 0.29) is 16.9 Å². The molecule has 0 saturated heterocycles. The molecule has 0 aliphatic rings. The number of methoxy groups -OCH3 is 1. The number of Topliss-reactive ketones (excluding diaryl/α,β-unsaturated/α-hetero) is 1. The molecule has 6 aromatic rings. The van der Waals surface area contributed by atoms with E-state index >= 15 is 0 Å². The Hall–Kier alpha value is -7.00. The van der Waals surface area contributed by atoms with Crippen LogP contribution in [0, 0.1) is 13.8 Å². The van der Waals surface area contributed by atoms with Crippen molar-refractivity contribution in [1.82, 2.24) is 0 Å². The Balaban J connectivity index is 1.00. The van der Waals surface area contributed by atoms with Gasteiger partial charge < -0.3 is 23.7 Å². The first-order chi connectivity index (χ1) is 26.0. The molecule has 9 nitrogen and oxygen atoms in total. The summed E-state index contributed by atoms with van der Waals surface area (Å²) in [5.41, 5.74) is 5.02. The van der Waals surface area contributed by atoms with Crippen LogP contribution in [0.5, 0.6) is 34.5 Å². The topological polar surface area (TPSA) is 114 Å². The largest absolute Gasteiger partial charge is 0.497 e. The van der Waals surface area contributed by atoms with E-state index in [0.29, 0.717) is 46.3 Å². The summed E-state index contributed by atoms with van der Waals surface area (Å²) in [5, 5.41) is 0. The quantitative estimate of drug-likeness (QED) is 0.0693. The zero-order valence-electron chi connectivity index (χ0n) is 30.1. The number of hydrogen-bond donors (Lipinski definition) is 0. The highest BCUT2D eigenvalue weighted by Crippen LogP contribution is 2.27. The van der Waals surface area contributed by atoms with Crippen LogP contribution < -0.4 is 23.7 Å². The number of esters is 3. The fourth-order valence-electron chi connectivity index (χ4n) is 5.53. The average Bonchev–Trinajstić information content (AvgIpc) is 3.18. The summed E-state index contributed by atoms with van der Waals surface area (Å²) < 4.78 is 27.8. The molecule has 0 bridgehead atoms. The molecule has 9 heteroatoms. The summed E-state index contributed by atoms with van der Waals surface area (Å²) in [7, 11) is 1.60. The van der Waals surface area contributed by atoms with E-state index in [1.807, 2.05) is 38.1 Å². The standard InChI is InChI=1S/C45H36O9/c1-28-25-31(5-23-41(28)53-44(48)35-9-7-33(8-10-35)30(3)46)27-32-6-24-42(29(2)26-32)54-45(49)36-13-11-34(12-14-36)43(47)52-40-21-19-39(20-22-40)51-38-17-15-37(50-4)16-18-38/h5-26H,27H2,1-4H3. The van der Waals surface area contributed by atoms with Crippen molar-refractivity contribution in [3.05, 3.63) is 178 Å². The van der Waals surface area contributed by atoms with Crippen molar-refractivity contribution >= 4 is 23.7 Å². The molecule has 6 aromatic carbocycles. The number of benzene rings is 6. The van der Waals surface area contributed by atoms with E-state index in [4.69, 9.17) is 23.7 Å². The lowest BCUT2D eigenvalue weighted by Gasteiger charge is -2.12. The molecule has 54 heavy (non-hydrogen) atoms. The molecule has 0 unspecified atom stereocenters. The van der Waals surface area contributed by atoms with Gasteiger partial charge in [-0.25, -0.2) is 14.4 Å².